The molecule has 2 aliphatic heterocycles. The number of rotatable bonds is 1. The van der Waals surface area contributed by atoms with E-state index in [2.05, 4.69) is 0 Å². The van der Waals surface area contributed by atoms with Crippen LogP contribution in [0.3, 0.4) is 0 Å². The van der Waals surface area contributed by atoms with E-state index in [4.69, 9.17) is 16.3 Å². The van der Waals surface area contributed by atoms with Crippen molar-refractivity contribution < 1.29 is 14.3 Å². The lowest BCUT2D eigenvalue weighted by molar-refractivity contribution is -0.149. The topological polar surface area (TPSA) is 46.6 Å². The standard InChI is InChI=1S/C13H12ClNO3/c14-9-1-3-10(4-2-9)15-7-5-13(11(15)16)6-8-18-12(13)17/h1-4H,5-8H2. The number of carbonyl (C=O) groups is 2. The van der Waals surface area contributed by atoms with Crippen LogP contribution in [-0.4, -0.2) is 25.0 Å². The third-order valence-electron chi connectivity index (χ3n) is 3.71. The zero-order valence-corrected chi connectivity index (χ0v) is 10.4. The molecular formula is C13H12ClNO3. The lowest BCUT2D eigenvalue weighted by Gasteiger charge is -2.19. The first kappa shape index (κ1) is 11.5. The molecule has 1 spiro atoms. The van der Waals surface area contributed by atoms with Crippen LogP contribution in [0.15, 0.2) is 24.3 Å². The van der Waals surface area contributed by atoms with E-state index in [1.54, 1.807) is 29.2 Å². The van der Waals surface area contributed by atoms with E-state index in [9.17, 15) is 9.59 Å². The number of hydrogen-bond donors (Lipinski definition) is 0. The van der Waals surface area contributed by atoms with Crippen LogP contribution < -0.4 is 4.90 Å². The number of ether oxygens (including phenoxy) is 1. The van der Waals surface area contributed by atoms with Crippen LogP contribution in [0, 0.1) is 5.41 Å². The summed E-state index contributed by atoms with van der Waals surface area (Å²) in [6, 6.07) is 7.06. The van der Waals surface area contributed by atoms with Gasteiger partial charge in [-0.2, -0.15) is 0 Å². The Morgan fingerprint density at radius 3 is 2.50 bits per heavy atom. The zero-order chi connectivity index (χ0) is 12.8. The molecule has 1 atom stereocenters. The number of cyclic esters (lactones) is 1. The van der Waals surface area contributed by atoms with Crippen molar-refractivity contribution in [3.63, 3.8) is 0 Å². The van der Waals surface area contributed by atoms with Gasteiger partial charge >= 0.3 is 5.97 Å². The predicted molar refractivity (Wildman–Crippen MR) is 66.4 cm³/mol. The van der Waals surface area contributed by atoms with Crippen molar-refractivity contribution in [2.24, 2.45) is 5.41 Å². The van der Waals surface area contributed by atoms with Crippen molar-refractivity contribution in [2.45, 2.75) is 12.8 Å². The van der Waals surface area contributed by atoms with Gasteiger partial charge in [0.15, 0.2) is 5.41 Å². The summed E-state index contributed by atoms with van der Waals surface area (Å²) in [5.74, 6) is -0.517. The van der Waals surface area contributed by atoms with Gasteiger partial charge in [-0.1, -0.05) is 11.6 Å². The van der Waals surface area contributed by atoms with Gasteiger partial charge in [0.25, 0.3) is 0 Å². The number of esters is 1. The maximum absolute atomic E-state index is 12.4. The van der Waals surface area contributed by atoms with Gasteiger partial charge in [-0.25, -0.2) is 0 Å². The van der Waals surface area contributed by atoms with Crippen LogP contribution in [0.25, 0.3) is 0 Å². The van der Waals surface area contributed by atoms with Crippen molar-refractivity contribution >= 4 is 29.2 Å². The minimum atomic E-state index is -0.931. The van der Waals surface area contributed by atoms with Crippen LogP contribution >= 0.6 is 11.6 Å². The second-order valence-electron chi connectivity index (χ2n) is 4.65. The number of nitrogens with zero attached hydrogens (tertiary/aromatic N) is 1. The Labute approximate surface area is 109 Å². The number of amides is 1. The second kappa shape index (κ2) is 3.99. The molecule has 0 saturated carbocycles. The van der Waals surface area contributed by atoms with E-state index < -0.39 is 5.41 Å². The molecule has 2 fully saturated rings. The Morgan fingerprint density at radius 2 is 1.89 bits per heavy atom. The first-order valence-corrected chi connectivity index (χ1v) is 6.26. The molecule has 2 heterocycles. The lowest BCUT2D eigenvalue weighted by Crippen LogP contribution is -2.37. The summed E-state index contributed by atoms with van der Waals surface area (Å²) in [6.45, 7) is 0.897. The molecule has 2 saturated heterocycles. The number of halogens is 1. The van der Waals surface area contributed by atoms with Crippen LogP contribution in [0.5, 0.6) is 0 Å². The minimum Gasteiger partial charge on any atom is -0.465 e. The Balaban J connectivity index is 1.91. The molecular weight excluding hydrogens is 254 g/mol. The highest BCUT2D eigenvalue weighted by Gasteiger charge is 2.56. The normalized spacial score (nSPS) is 27.1. The van der Waals surface area contributed by atoms with Crippen molar-refractivity contribution in [2.75, 3.05) is 18.1 Å². The molecule has 0 aromatic heterocycles. The monoisotopic (exact) mass is 265 g/mol. The number of benzene rings is 1. The van der Waals surface area contributed by atoms with Crippen molar-refractivity contribution in [1.29, 1.82) is 0 Å². The molecule has 3 rings (SSSR count). The van der Waals surface area contributed by atoms with Crippen molar-refractivity contribution in [3.8, 4) is 0 Å². The Kier molecular flexibility index (Phi) is 2.55. The summed E-state index contributed by atoms with van der Waals surface area (Å²) < 4.78 is 4.96. The van der Waals surface area contributed by atoms with Crippen molar-refractivity contribution in [1.82, 2.24) is 0 Å². The van der Waals surface area contributed by atoms with Gasteiger partial charge in [0.1, 0.15) is 0 Å². The van der Waals surface area contributed by atoms with Gasteiger partial charge in [0, 0.05) is 23.7 Å². The van der Waals surface area contributed by atoms with E-state index >= 15 is 0 Å². The van der Waals surface area contributed by atoms with Gasteiger partial charge in [-0.3, -0.25) is 9.59 Å². The highest BCUT2D eigenvalue weighted by Crippen LogP contribution is 2.42. The summed E-state index contributed by atoms with van der Waals surface area (Å²) in [7, 11) is 0. The van der Waals surface area contributed by atoms with Gasteiger partial charge in [-0.05, 0) is 30.7 Å². The number of carbonyl (C=O) groups excluding carboxylic acids is 2. The molecule has 0 radical (unpaired) electrons. The summed E-state index contributed by atoms with van der Waals surface area (Å²) >= 11 is 5.82. The largest absolute Gasteiger partial charge is 0.465 e. The van der Waals surface area contributed by atoms with E-state index in [0.29, 0.717) is 31.0 Å². The molecule has 94 valence electrons. The Hall–Kier alpha value is -1.55. The Morgan fingerprint density at radius 1 is 1.17 bits per heavy atom. The summed E-state index contributed by atoms with van der Waals surface area (Å²) in [4.78, 5) is 25.8. The molecule has 1 aromatic carbocycles. The number of anilines is 1. The molecule has 2 aliphatic rings. The molecule has 1 amide bonds. The highest BCUT2D eigenvalue weighted by molar-refractivity contribution is 6.30. The average molecular weight is 266 g/mol. The molecule has 5 heteroatoms. The van der Waals surface area contributed by atoms with Crippen LogP contribution in [-0.2, 0) is 14.3 Å². The molecule has 0 N–H and O–H groups in total. The SMILES string of the molecule is O=C1OCCC12CCN(c1ccc(Cl)cc1)C2=O. The fourth-order valence-corrected chi connectivity index (χ4v) is 2.74. The third-order valence-corrected chi connectivity index (χ3v) is 3.96. The maximum atomic E-state index is 12.4. The van der Waals surface area contributed by atoms with E-state index in [-0.39, 0.29) is 11.9 Å². The zero-order valence-electron chi connectivity index (χ0n) is 9.69. The Bertz CT molecular complexity index is 513. The predicted octanol–water partition coefficient (Wildman–Crippen LogP) is 2.01. The van der Waals surface area contributed by atoms with Crippen molar-refractivity contribution in [3.05, 3.63) is 29.3 Å². The second-order valence-corrected chi connectivity index (χ2v) is 5.09. The lowest BCUT2D eigenvalue weighted by atomic mass is 9.85. The quantitative estimate of drug-likeness (QED) is 0.576. The minimum absolute atomic E-state index is 0.146. The van der Waals surface area contributed by atoms with Gasteiger partial charge < -0.3 is 9.64 Å². The van der Waals surface area contributed by atoms with Crippen LogP contribution in [0.1, 0.15) is 12.8 Å². The smallest absolute Gasteiger partial charge is 0.321 e. The molecule has 0 aliphatic carbocycles. The first-order valence-electron chi connectivity index (χ1n) is 5.88. The summed E-state index contributed by atoms with van der Waals surface area (Å²) in [6.07, 6.45) is 1.03. The summed E-state index contributed by atoms with van der Waals surface area (Å²) in [5.41, 5.74) is -0.152. The van der Waals surface area contributed by atoms with E-state index in [0.717, 1.165) is 5.69 Å². The third kappa shape index (κ3) is 1.52. The van der Waals surface area contributed by atoms with Crippen LogP contribution in [0.4, 0.5) is 5.69 Å². The van der Waals surface area contributed by atoms with Gasteiger partial charge in [0.2, 0.25) is 5.91 Å². The molecule has 18 heavy (non-hydrogen) atoms. The summed E-state index contributed by atoms with van der Waals surface area (Å²) in [5, 5.41) is 0.625. The first-order chi connectivity index (χ1) is 8.63. The van der Waals surface area contributed by atoms with Crippen LogP contribution in [0.2, 0.25) is 5.02 Å². The fourth-order valence-electron chi connectivity index (χ4n) is 2.62. The molecule has 4 nitrogen and oxygen atoms in total. The van der Waals surface area contributed by atoms with Gasteiger partial charge in [0.05, 0.1) is 6.61 Å². The van der Waals surface area contributed by atoms with Gasteiger partial charge in [-0.15, -0.1) is 0 Å². The maximum Gasteiger partial charge on any atom is 0.321 e. The number of hydrogen-bond acceptors (Lipinski definition) is 3. The molecule has 1 unspecified atom stereocenters. The molecule has 1 aromatic rings. The van der Waals surface area contributed by atoms with E-state index in [1.165, 1.54) is 0 Å². The van der Waals surface area contributed by atoms with E-state index in [1.807, 2.05) is 0 Å². The fraction of sp³-hybridized carbons (Fsp3) is 0.385. The molecule has 0 bridgehead atoms. The average Bonchev–Trinajstić information content (AvgIpc) is 2.89. The highest BCUT2D eigenvalue weighted by atomic mass is 35.5.